The van der Waals surface area contributed by atoms with E-state index in [0.29, 0.717) is 18.7 Å². The zero-order chi connectivity index (χ0) is 12.1. The fraction of sp³-hybridized carbons (Fsp3) is 0.417. The van der Waals surface area contributed by atoms with Crippen molar-refractivity contribution >= 4 is 5.97 Å². The molecule has 1 aromatic rings. The molecule has 0 aliphatic heterocycles. The largest absolute Gasteiger partial charge is 0.480 e. The number of carboxylic acid groups (broad SMARTS) is 1. The quantitative estimate of drug-likeness (QED) is 0.833. The number of rotatable bonds is 5. The highest BCUT2D eigenvalue weighted by molar-refractivity contribution is 5.69. The van der Waals surface area contributed by atoms with Crippen LogP contribution in [0.1, 0.15) is 18.1 Å². The van der Waals surface area contributed by atoms with Crippen LogP contribution in [0, 0.1) is 12.7 Å². The normalized spacial score (nSPS) is 10.8. The smallest absolute Gasteiger partial charge is 0.317 e. The molecule has 1 rings (SSSR count). The molecule has 0 aliphatic carbocycles. The summed E-state index contributed by atoms with van der Waals surface area (Å²) in [6, 6.07) is 4.85. The van der Waals surface area contributed by atoms with Crippen LogP contribution in [-0.4, -0.2) is 29.1 Å². The number of halogens is 1. The van der Waals surface area contributed by atoms with Crippen LogP contribution in [0.2, 0.25) is 0 Å². The van der Waals surface area contributed by atoms with Gasteiger partial charge in [0.15, 0.2) is 0 Å². The molecule has 0 radical (unpaired) electrons. The molecule has 0 saturated heterocycles. The molecule has 0 bridgehead atoms. The van der Waals surface area contributed by atoms with Gasteiger partial charge in [0.25, 0.3) is 0 Å². The number of hydrogen-bond acceptors (Lipinski definition) is 2. The van der Waals surface area contributed by atoms with Gasteiger partial charge in [-0.3, -0.25) is 9.69 Å². The monoisotopic (exact) mass is 225 g/mol. The maximum Gasteiger partial charge on any atom is 0.317 e. The fourth-order valence-corrected chi connectivity index (χ4v) is 1.53. The van der Waals surface area contributed by atoms with Crippen LogP contribution in [0.3, 0.4) is 0 Å². The van der Waals surface area contributed by atoms with Crippen LogP contribution in [0.15, 0.2) is 18.2 Å². The molecule has 4 heteroatoms. The lowest BCUT2D eigenvalue weighted by molar-refractivity contribution is -0.138. The summed E-state index contributed by atoms with van der Waals surface area (Å²) in [4.78, 5) is 12.4. The minimum atomic E-state index is -0.847. The third-order valence-corrected chi connectivity index (χ3v) is 2.43. The Morgan fingerprint density at radius 1 is 1.50 bits per heavy atom. The van der Waals surface area contributed by atoms with Crippen molar-refractivity contribution in [2.45, 2.75) is 20.4 Å². The molecule has 0 unspecified atom stereocenters. The van der Waals surface area contributed by atoms with Gasteiger partial charge in [-0.05, 0) is 30.7 Å². The van der Waals surface area contributed by atoms with Gasteiger partial charge in [0.2, 0.25) is 0 Å². The standard InChI is InChI=1S/C12H16FNO2/c1-3-14(8-12(15)16)7-10-4-5-11(13)9(2)6-10/h4-6H,3,7-8H2,1-2H3,(H,15,16). The van der Waals surface area contributed by atoms with Crippen LogP contribution in [0.5, 0.6) is 0 Å². The van der Waals surface area contributed by atoms with Crippen LogP contribution in [0.25, 0.3) is 0 Å². The Balaban J connectivity index is 2.70. The summed E-state index contributed by atoms with van der Waals surface area (Å²) in [5.41, 5.74) is 1.52. The van der Waals surface area contributed by atoms with Gasteiger partial charge in [-0.15, -0.1) is 0 Å². The van der Waals surface area contributed by atoms with Crippen molar-refractivity contribution in [2.24, 2.45) is 0 Å². The average Bonchev–Trinajstić information content (AvgIpc) is 2.22. The highest BCUT2D eigenvalue weighted by atomic mass is 19.1. The minimum Gasteiger partial charge on any atom is -0.480 e. The highest BCUT2D eigenvalue weighted by Crippen LogP contribution is 2.11. The van der Waals surface area contributed by atoms with Crippen molar-refractivity contribution in [3.05, 3.63) is 35.1 Å². The van der Waals surface area contributed by atoms with Crippen LogP contribution < -0.4 is 0 Å². The lowest BCUT2D eigenvalue weighted by Gasteiger charge is -2.18. The Morgan fingerprint density at radius 3 is 2.69 bits per heavy atom. The molecule has 88 valence electrons. The Bertz CT molecular complexity index is 379. The molecule has 0 spiro atoms. The van der Waals surface area contributed by atoms with Crippen molar-refractivity contribution in [2.75, 3.05) is 13.1 Å². The summed E-state index contributed by atoms with van der Waals surface area (Å²) in [6.07, 6.45) is 0. The summed E-state index contributed by atoms with van der Waals surface area (Å²) >= 11 is 0. The Labute approximate surface area is 94.5 Å². The van der Waals surface area contributed by atoms with Crippen molar-refractivity contribution in [3.8, 4) is 0 Å². The Hall–Kier alpha value is -1.42. The van der Waals surface area contributed by atoms with Gasteiger partial charge in [-0.2, -0.15) is 0 Å². The van der Waals surface area contributed by atoms with Crippen LogP contribution in [0.4, 0.5) is 4.39 Å². The SMILES string of the molecule is CCN(CC(=O)O)Cc1ccc(F)c(C)c1. The van der Waals surface area contributed by atoms with E-state index in [-0.39, 0.29) is 12.4 Å². The number of hydrogen-bond donors (Lipinski definition) is 1. The maximum atomic E-state index is 13.0. The molecule has 0 heterocycles. The third kappa shape index (κ3) is 3.62. The number of carboxylic acids is 1. The molecule has 0 fully saturated rings. The molecule has 0 aromatic heterocycles. The van der Waals surface area contributed by atoms with Gasteiger partial charge >= 0.3 is 5.97 Å². The van der Waals surface area contributed by atoms with Crippen LogP contribution >= 0.6 is 0 Å². The summed E-state index contributed by atoms with van der Waals surface area (Å²) < 4.78 is 13.0. The van der Waals surface area contributed by atoms with E-state index in [0.717, 1.165) is 5.56 Å². The summed E-state index contributed by atoms with van der Waals surface area (Å²) in [6.45, 7) is 4.80. The lowest BCUT2D eigenvalue weighted by Crippen LogP contribution is -2.29. The zero-order valence-electron chi connectivity index (χ0n) is 9.53. The van der Waals surface area contributed by atoms with Gasteiger partial charge in [0, 0.05) is 6.54 Å². The van der Waals surface area contributed by atoms with Gasteiger partial charge in [0.1, 0.15) is 5.82 Å². The van der Waals surface area contributed by atoms with Crippen molar-refractivity contribution in [3.63, 3.8) is 0 Å². The average molecular weight is 225 g/mol. The first-order valence-corrected chi connectivity index (χ1v) is 5.22. The molecule has 1 N–H and O–H groups in total. The van der Waals surface area contributed by atoms with Gasteiger partial charge in [-0.25, -0.2) is 4.39 Å². The summed E-state index contributed by atoms with van der Waals surface area (Å²) in [5.74, 6) is -1.08. The van der Waals surface area contributed by atoms with Gasteiger partial charge < -0.3 is 5.11 Å². The van der Waals surface area contributed by atoms with E-state index in [1.807, 2.05) is 6.92 Å². The molecule has 0 aliphatic rings. The fourth-order valence-electron chi connectivity index (χ4n) is 1.53. The van der Waals surface area contributed by atoms with Crippen molar-refractivity contribution < 1.29 is 14.3 Å². The number of likely N-dealkylation sites (N-methyl/N-ethyl adjacent to an activating group) is 1. The predicted octanol–water partition coefficient (Wildman–Crippen LogP) is 2.04. The predicted molar refractivity (Wildman–Crippen MR) is 59.7 cm³/mol. The Morgan fingerprint density at radius 2 is 2.19 bits per heavy atom. The second-order valence-electron chi connectivity index (χ2n) is 3.78. The first-order valence-electron chi connectivity index (χ1n) is 5.22. The molecular formula is C12H16FNO2. The number of aryl methyl sites for hydroxylation is 1. The molecule has 0 saturated carbocycles. The molecule has 0 amide bonds. The highest BCUT2D eigenvalue weighted by Gasteiger charge is 2.08. The van der Waals surface area contributed by atoms with E-state index in [1.54, 1.807) is 24.0 Å². The zero-order valence-corrected chi connectivity index (χ0v) is 9.53. The number of benzene rings is 1. The minimum absolute atomic E-state index is 0.00687. The van der Waals surface area contributed by atoms with E-state index in [9.17, 15) is 9.18 Å². The van der Waals surface area contributed by atoms with E-state index in [1.165, 1.54) is 6.07 Å². The van der Waals surface area contributed by atoms with Crippen molar-refractivity contribution in [1.29, 1.82) is 0 Å². The number of nitrogens with zero attached hydrogens (tertiary/aromatic N) is 1. The van der Waals surface area contributed by atoms with Crippen LogP contribution in [-0.2, 0) is 11.3 Å². The second-order valence-corrected chi connectivity index (χ2v) is 3.78. The van der Waals surface area contributed by atoms with E-state index in [4.69, 9.17) is 5.11 Å². The van der Waals surface area contributed by atoms with Crippen molar-refractivity contribution in [1.82, 2.24) is 4.90 Å². The van der Waals surface area contributed by atoms with Gasteiger partial charge in [-0.1, -0.05) is 19.1 Å². The molecule has 0 atom stereocenters. The first-order chi connectivity index (χ1) is 7.52. The molecule has 3 nitrogen and oxygen atoms in total. The van der Waals surface area contributed by atoms with E-state index < -0.39 is 5.97 Å². The molecular weight excluding hydrogens is 209 g/mol. The molecule has 16 heavy (non-hydrogen) atoms. The second kappa shape index (κ2) is 5.61. The molecule has 1 aromatic carbocycles. The first kappa shape index (κ1) is 12.6. The Kier molecular flexibility index (Phi) is 4.43. The topological polar surface area (TPSA) is 40.5 Å². The lowest BCUT2D eigenvalue weighted by atomic mass is 10.1. The number of aliphatic carboxylic acids is 1. The van der Waals surface area contributed by atoms with E-state index >= 15 is 0 Å². The summed E-state index contributed by atoms with van der Waals surface area (Å²) in [7, 11) is 0. The number of carbonyl (C=O) groups is 1. The maximum absolute atomic E-state index is 13.0. The van der Waals surface area contributed by atoms with E-state index in [2.05, 4.69) is 0 Å². The van der Waals surface area contributed by atoms with Gasteiger partial charge in [0.05, 0.1) is 6.54 Å². The third-order valence-electron chi connectivity index (χ3n) is 2.43. The summed E-state index contributed by atoms with van der Waals surface area (Å²) in [5, 5.41) is 8.69.